The van der Waals surface area contributed by atoms with E-state index in [1.807, 2.05) is 0 Å². The Bertz CT molecular complexity index is 253. The number of hydrogen-bond acceptors (Lipinski definition) is 1. The van der Waals surface area contributed by atoms with E-state index in [0.717, 1.165) is 0 Å². The maximum absolute atomic E-state index is 3.34. The number of hydrogen-bond donors (Lipinski definition) is 0. The van der Waals surface area contributed by atoms with Crippen LogP contribution in [0.1, 0.15) is 51.0 Å². The quantitative estimate of drug-likeness (QED) is 0.292. The van der Waals surface area contributed by atoms with Gasteiger partial charge < -0.3 is 12.4 Å². The van der Waals surface area contributed by atoms with Gasteiger partial charge in [0.05, 0.1) is 0 Å². The molecule has 0 aliphatic rings. The van der Waals surface area contributed by atoms with Gasteiger partial charge in [-0.3, -0.25) is 11.3 Å². The summed E-state index contributed by atoms with van der Waals surface area (Å²) < 4.78 is 1.36. The third-order valence-electron chi connectivity index (χ3n) is 2.37. The van der Waals surface area contributed by atoms with Crippen molar-refractivity contribution in [3.05, 3.63) is 19.9 Å². The first-order valence-corrected chi connectivity index (χ1v) is 7.38. The van der Waals surface area contributed by atoms with Gasteiger partial charge in [-0.25, -0.2) is 0 Å². The van der Waals surface area contributed by atoms with Gasteiger partial charge in [-0.1, -0.05) is 54.8 Å². The number of unbranched alkanes of at least 4 members (excludes halogenated alkanes) is 5. The van der Waals surface area contributed by atoms with Crippen molar-refractivity contribution in [2.24, 2.45) is 0 Å². The van der Waals surface area contributed by atoms with Crippen molar-refractivity contribution < 1.29 is 12.4 Å². The minimum Gasteiger partial charge on any atom is -1.00 e. The molecule has 0 spiro atoms. The SMILES string of the molecule is CCCCCCCCc1[c-]sc(I)c1.[Cl-].[Mg+2]. The van der Waals surface area contributed by atoms with Crippen LogP contribution in [0.25, 0.3) is 0 Å². The van der Waals surface area contributed by atoms with Crippen LogP contribution in [0.15, 0.2) is 6.07 Å². The Labute approximate surface area is 140 Å². The van der Waals surface area contributed by atoms with Crippen LogP contribution in [0, 0.1) is 8.26 Å². The van der Waals surface area contributed by atoms with Gasteiger partial charge >= 0.3 is 23.1 Å². The standard InChI is InChI=1S/C12H18IS.ClH.Mg/c1-2-3-4-5-6-7-8-11-9-12(13)14-10-11;;/h9H,2-8H2,1H3;1H;/q-1;;+2/p-1. The summed E-state index contributed by atoms with van der Waals surface area (Å²) >= 11 is 4.11. The molecule has 0 saturated carbocycles. The molecule has 1 aromatic heterocycles. The summed E-state index contributed by atoms with van der Waals surface area (Å²) in [5, 5.41) is 3.34. The van der Waals surface area contributed by atoms with E-state index in [1.165, 1.54) is 53.4 Å². The molecule has 0 atom stereocenters. The molecule has 88 valence electrons. The van der Waals surface area contributed by atoms with E-state index >= 15 is 0 Å². The second-order valence-electron chi connectivity index (χ2n) is 3.70. The Morgan fingerprint density at radius 2 is 1.81 bits per heavy atom. The third kappa shape index (κ3) is 9.51. The molecule has 1 aromatic rings. The zero-order valence-electron chi connectivity index (χ0n) is 9.90. The smallest absolute Gasteiger partial charge is 1.00 e. The summed E-state index contributed by atoms with van der Waals surface area (Å²) in [6.45, 7) is 2.27. The average molecular weight is 381 g/mol. The first-order chi connectivity index (χ1) is 6.83. The Morgan fingerprint density at radius 3 is 2.38 bits per heavy atom. The summed E-state index contributed by atoms with van der Waals surface area (Å²) in [5.41, 5.74) is 1.41. The average Bonchev–Trinajstić information content (AvgIpc) is 2.58. The van der Waals surface area contributed by atoms with E-state index in [0.29, 0.717) is 0 Å². The van der Waals surface area contributed by atoms with E-state index < -0.39 is 0 Å². The van der Waals surface area contributed by atoms with Crippen molar-refractivity contribution >= 4 is 57.0 Å². The summed E-state index contributed by atoms with van der Waals surface area (Å²) in [5.74, 6) is 0. The van der Waals surface area contributed by atoms with E-state index in [4.69, 9.17) is 0 Å². The van der Waals surface area contributed by atoms with Crippen molar-refractivity contribution in [1.29, 1.82) is 0 Å². The van der Waals surface area contributed by atoms with Gasteiger partial charge in [0.15, 0.2) is 0 Å². The molecule has 0 amide bonds. The van der Waals surface area contributed by atoms with Crippen molar-refractivity contribution in [3.63, 3.8) is 0 Å². The molecule has 0 nitrogen and oxygen atoms in total. The van der Waals surface area contributed by atoms with Crippen LogP contribution in [-0.2, 0) is 6.42 Å². The van der Waals surface area contributed by atoms with Crippen molar-refractivity contribution in [2.45, 2.75) is 51.9 Å². The van der Waals surface area contributed by atoms with Crippen LogP contribution < -0.4 is 12.4 Å². The van der Waals surface area contributed by atoms with Crippen LogP contribution in [0.5, 0.6) is 0 Å². The summed E-state index contributed by atoms with van der Waals surface area (Å²) in [6.07, 6.45) is 9.54. The normalized spacial score (nSPS) is 9.38. The molecule has 4 heteroatoms. The fourth-order valence-electron chi connectivity index (χ4n) is 1.53. The van der Waals surface area contributed by atoms with Gasteiger partial charge in [0, 0.05) is 0 Å². The van der Waals surface area contributed by atoms with Crippen LogP contribution >= 0.6 is 33.9 Å². The molecule has 0 radical (unpaired) electrons. The molecule has 1 rings (SSSR count). The zero-order chi connectivity index (χ0) is 10.2. The molecule has 0 saturated heterocycles. The minimum atomic E-state index is 0. The predicted octanol–water partition coefficient (Wildman–Crippen LogP) is 1.68. The van der Waals surface area contributed by atoms with Gasteiger partial charge in [0.1, 0.15) is 0 Å². The second kappa shape index (κ2) is 12.9. The molecule has 0 aliphatic carbocycles. The molecule has 0 N–H and O–H groups in total. The fourth-order valence-corrected chi connectivity index (χ4v) is 2.83. The number of aryl methyl sites for hydroxylation is 1. The molecule has 0 bridgehead atoms. The Hall–Kier alpha value is 1.49. The maximum Gasteiger partial charge on any atom is 2.00 e. The molecular formula is C12H18ClIMgS. The molecule has 16 heavy (non-hydrogen) atoms. The largest absolute Gasteiger partial charge is 2.00 e. The van der Waals surface area contributed by atoms with E-state index in [9.17, 15) is 0 Å². The van der Waals surface area contributed by atoms with E-state index in [-0.39, 0.29) is 35.5 Å². The Balaban J connectivity index is 0. The topological polar surface area (TPSA) is 0 Å². The zero-order valence-corrected chi connectivity index (χ0v) is 15.0. The summed E-state index contributed by atoms with van der Waals surface area (Å²) in [6, 6.07) is 2.26. The minimum absolute atomic E-state index is 0. The summed E-state index contributed by atoms with van der Waals surface area (Å²) in [7, 11) is 0. The van der Waals surface area contributed by atoms with Crippen molar-refractivity contribution in [3.8, 4) is 0 Å². The second-order valence-corrected chi connectivity index (χ2v) is 6.44. The monoisotopic (exact) mass is 380 g/mol. The predicted molar refractivity (Wildman–Crippen MR) is 78.7 cm³/mol. The Morgan fingerprint density at radius 1 is 1.19 bits per heavy atom. The van der Waals surface area contributed by atoms with Crippen molar-refractivity contribution in [1.82, 2.24) is 0 Å². The van der Waals surface area contributed by atoms with Crippen LogP contribution in [0.4, 0.5) is 0 Å². The van der Waals surface area contributed by atoms with E-state index in [2.05, 4.69) is 41.0 Å². The molecule has 0 aromatic carbocycles. The van der Waals surface area contributed by atoms with Gasteiger partial charge in [-0.05, 0) is 0 Å². The van der Waals surface area contributed by atoms with E-state index in [1.54, 1.807) is 11.3 Å². The molecule has 0 unspecified atom stereocenters. The van der Waals surface area contributed by atoms with Gasteiger partial charge in [-0.2, -0.15) is 11.6 Å². The van der Waals surface area contributed by atoms with Crippen LogP contribution in [0.3, 0.4) is 0 Å². The molecule has 0 aliphatic heterocycles. The third-order valence-corrected chi connectivity index (χ3v) is 4.02. The molecule has 0 fully saturated rings. The number of halogens is 2. The van der Waals surface area contributed by atoms with Crippen molar-refractivity contribution in [2.75, 3.05) is 0 Å². The Kier molecular flexibility index (Phi) is 16.0. The first-order valence-electron chi connectivity index (χ1n) is 5.49. The maximum atomic E-state index is 3.34. The van der Waals surface area contributed by atoms with Crippen LogP contribution in [0.2, 0.25) is 0 Å². The van der Waals surface area contributed by atoms with Gasteiger partial charge in [0.2, 0.25) is 0 Å². The summed E-state index contributed by atoms with van der Waals surface area (Å²) in [4.78, 5) is 0. The first kappa shape index (κ1) is 19.8. The van der Waals surface area contributed by atoms with Crippen LogP contribution in [-0.4, -0.2) is 23.1 Å². The fraction of sp³-hybridized carbons (Fsp3) is 0.667. The number of thiophene rings is 1. The molecule has 1 heterocycles. The molecular weight excluding hydrogens is 363 g/mol. The number of rotatable bonds is 7. The van der Waals surface area contributed by atoms with Gasteiger partial charge in [0.25, 0.3) is 0 Å². The van der Waals surface area contributed by atoms with Gasteiger partial charge in [-0.15, -0.1) is 28.0 Å².